The fraction of sp³-hybridized carbons (Fsp3) is 0.538. The Bertz CT molecular complexity index is 485. The van der Waals surface area contributed by atoms with Gasteiger partial charge in [-0.2, -0.15) is 0 Å². The van der Waals surface area contributed by atoms with Crippen molar-refractivity contribution in [3.05, 3.63) is 34.7 Å². The van der Waals surface area contributed by atoms with E-state index >= 15 is 0 Å². The average molecular weight is 265 g/mol. The molecule has 0 amide bonds. The van der Waals surface area contributed by atoms with E-state index in [9.17, 15) is 0 Å². The number of likely N-dealkylation sites (N-methyl/N-ethyl adjacent to an activating group) is 1. The van der Waals surface area contributed by atoms with Crippen molar-refractivity contribution in [1.29, 1.82) is 0 Å². The van der Waals surface area contributed by atoms with E-state index in [1.165, 1.54) is 16.4 Å². The first-order valence-electron chi connectivity index (χ1n) is 6.04. The molecule has 1 atom stereocenters. The van der Waals surface area contributed by atoms with Crippen LogP contribution >= 0.6 is 11.5 Å². The van der Waals surface area contributed by atoms with E-state index in [0.29, 0.717) is 0 Å². The van der Waals surface area contributed by atoms with Crippen LogP contribution in [0.25, 0.3) is 0 Å². The normalized spacial score (nSPS) is 13.8. The Morgan fingerprint density at radius 2 is 2.22 bits per heavy atom. The van der Waals surface area contributed by atoms with Gasteiger partial charge in [0, 0.05) is 11.8 Å². The molecule has 0 aliphatic rings. The topological polar surface area (TPSA) is 51.0 Å². The molecule has 0 saturated carbocycles. The summed E-state index contributed by atoms with van der Waals surface area (Å²) in [5.74, 6) is 0.975. The van der Waals surface area contributed by atoms with E-state index < -0.39 is 0 Å². The van der Waals surface area contributed by atoms with Gasteiger partial charge in [-0.1, -0.05) is 25.3 Å². The van der Waals surface area contributed by atoms with Crippen molar-refractivity contribution >= 4 is 11.5 Å². The summed E-state index contributed by atoms with van der Waals surface area (Å²) in [5, 5.41) is 7.61. The van der Waals surface area contributed by atoms with Crippen molar-refractivity contribution < 1.29 is 4.42 Å². The lowest BCUT2D eigenvalue weighted by Crippen LogP contribution is -2.23. The third-order valence-corrected chi connectivity index (χ3v) is 3.71. The SMILES string of the molecule is CNC(Cc1ccco1)c1snnc1C(C)(C)C. The zero-order valence-corrected chi connectivity index (χ0v) is 12.0. The standard InChI is InChI=1S/C13H19N3OS/c1-13(2,3)12-11(18-16-15-12)10(14-4)8-9-6-5-7-17-9/h5-7,10,14H,8H2,1-4H3. The van der Waals surface area contributed by atoms with Crippen molar-refractivity contribution in [1.82, 2.24) is 14.9 Å². The van der Waals surface area contributed by atoms with Crippen LogP contribution in [0.3, 0.4) is 0 Å². The molecule has 2 aromatic heterocycles. The lowest BCUT2D eigenvalue weighted by Gasteiger charge is -2.20. The van der Waals surface area contributed by atoms with E-state index in [1.807, 2.05) is 19.2 Å². The van der Waals surface area contributed by atoms with Gasteiger partial charge in [0.25, 0.3) is 0 Å². The number of furan rings is 1. The minimum atomic E-state index is 0.0145. The molecule has 0 aliphatic heterocycles. The second-order valence-corrected chi connectivity index (χ2v) is 6.15. The molecule has 0 fully saturated rings. The van der Waals surface area contributed by atoms with Gasteiger partial charge in [0.2, 0.25) is 0 Å². The first-order chi connectivity index (χ1) is 8.52. The summed E-state index contributed by atoms with van der Waals surface area (Å²) in [4.78, 5) is 1.20. The third-order valence-electron chi connectivity index (χ3n) is 2.87. The molecule has 18 heavy (non-hydrogen) atoms. The maximum atomic E-state index is 5.41. The molecule has 5 heteroatoms. The molecule has 0 spiro atoms. The fourth-order valence-corrected chi connectivity index (χ4v) is 2.87. The van der Waals surface area contributed by atoms with Crippen molar-refractivity contribution in [2.45, 2.75) is 38.6 Å². The zero-order chi connectivity index (χ0) is 13.2. The monoisotopic (exact) mass is 265 g/mol. The van der Waals surface area contributed by atoms with Crippen molar-refractivity contribution in [2.24, 2.45) is 0 Å². The van der Waals surface area contributed by atoms with Crippen LogP contribution in [0.5, 0.6) is 0 Å². The van der Waals surface area contributed by atoms with Crippen LogP contribution in [0.1, 0.15) is 43.1 Å². The quantitative estimate of drug-likeness (QED) is 0.923. The maximum Gasteiger partial charge on any atom is 0.105 e. The molecule has 0 aromatic carbocycles. The second kappa shape index (κ2) is 5.20. The highest BCUT2D eigenvalue weighted by molar-refractivity contribution is 7.05. The second-order valence-electron chi connectivity index (χ2n) is 5.36. The van der Waals surface area contributed by atoms with Crippen LogP contribution in [0.2, 0.25) is 0 Å². The fourth-order valence-electron chi connectivity index (χ4n) is 1.90. The first kappa shape index (κ1) is 13.2. The minimum absolute atomic E-state index is 0.0145. The molecule has 2 heterocycles. The number of rotatable bonds is 4. The van der Waals surface area contributed by atoms with E-state index in [0.717, 1.165) is 17.9 Å². The lowest BCUT2D eigenvalue weighted by atomic mass is 9.89. The van der Waals surface area contributed by atoms with Crippen LogP contribution in [-0.2, 0) is 11.8 Å². The predicted molar refractivity (Wildman–Crippen MR) is 72.8 cm³/mol. The molecular weight excluding hydrogens is 246 g/mol. The Labute approximate surface area is 112 Å². The molecule has 4 nitrogen and oxygen atoms in total. The molecular formula is C13H19N3OS. The maximum absolute atomic E-state index is 5.41. The van der Waals surface area contributed by atoms with Crippen molar-refractivity contribution in [3.63, 3.8) is 0 Å². The summed E-state index contributed by atoms with van der Waals surface area (Å²) in [6.07, 6.45) is 2.52. The number of nitrogens with zero attached hydrogens (tertiary/aromatic N) is 2. The van der Waals surface area contributed by atoms with Crippen LogP contribution in [0.15, 0.2) is 22.8 Å². The molecule has 98 valence electrons. The summed E-state index contributed by atoms with van der Waals surface area (Å²) >= 11 is 1.47. The van der Waals surface area contributed by atoms with Crippen LogP contribution in [0.4, 0.5) is 0 Å². The Morgan fingerprint density at radius 3 is 2.78 bits per heavy atom. The van der Waals surface area contributed by atoms with Crippen LogP contribution in [-0.4, -0.2) is 16.6 Å². The largest absolute Gasteiger partial charge is 0.469 e. The molecule has 0 bridgehead atoms. The Morgan fingerprint density at radius 1 is 1.44 bits per heavy atom. The Balaban J connectivity index is 2.25. The van der Waals surface area contributed by atoms with Crippen LogP contribution < -0.4 is 5.32 Å². The number of hydrogen-bond acceptors (Lipinski definition) is 5. The highest BCUT2D eigenvalue weighted by atomic mass is 32.1. The van der Waals surface area contributed by atoms with E-state index in [4.69, 9.17) is 4.42 Å². The number of nitrogens with one attached hydrogen (secondary N) is 1. The summed E-state index contributed by atoms with van der Waals surface area (Å²) in [7, 11) is 1.96. The minimum Gasteiger partial charge on any atom is -0.469 e. The number of hydrogen-bond donors (Lipinski definition) is 1. The first-order valence-corrected chi connectivity index (χ1v) is 6.82. The third kappa shape index (κ3) is 2.79. The van der Waals surface area contributed by atoms with Gasteiger partial charge in [0.05, 0.1) is 22.9 Å². The smallest absolute Gasteiger partial charge is 0.105 e. The summed E-state index contributed by atoms with van der Waals surface area (Å²) in [6.45, 7) is 6.48. The predicted octanol–water partition coefficient (Wildman–Crippen LogP) is 2.93. The van der Waals surface area contributed by atoms with Gasteiger partial charge < -0.3 is 9.73 Å². The van der Waals surface area contributed by atoms with Crippen LogP contribution in [0, 0.1) is 0 Å². The number of aromatic nitrogens is 2. The summed E-state index contributed by atoms with van der Waals surface area (Å²) in [6, 6.07) is 4.11. The van der Waals surface area contributed by atoms with Crippen molar-refractivity contribution in [2.75, 3.05) is 7.05 Å². The van der Waals surface area contributed by atoms with Gasteiger partial charge in [-0.3, -0.25) is 0 Å². The highest BCUT2D eigenvalue weighted by Crippen LogP contribution is 2.31. The molecule has 0 saturated heterocycles. The van der Waals surface area contributed by atoms with Crippen molar-refractivity contribution in [3.8, 4) is 0 Å². The summed E-state index contributed by atoms with van der Waals surface area (Å²) in [5.41, 5.74) is 1.08. The van der Waals surface area contributed by atoms with Gasteiger partial charge in [0.15, 0.2) is 0 Å². The molecule has 0 radical (unpaired) electrons. The Kier molecular flexibility index (Phi) is 3.82. The molecule has 0 aliphatic carbocycles. The highest BCUT2D eigenvalue weighted by Gasteiger charge is 2.27. The lowest BCUT2D eigenvalue weighted by molar-refractivity contribution is 0.461. The van der Waals surface area contributed by atoms with E-state index in [1.54, 1.807) is 6.26 Å². The zero-order valence-electron chi connectivity index (χ0n) is 11.2. The van der Waals surface area contributed by atoms with Gasteiger partial charge in [-0.15, -0.1) is 5.10 Å². The Hall–Kier alpha value is -1.20. The van der Waals surface area contributed by atoms with Gasteiger partial charge in [-0.25, -0.2) is 0 Å². The molecule has 1 N–H and O–H groups in total. The molecule has 2 rings (SSSR count). The van der Waals surface area contributed by atoms with Gasteiger partial charge in [-0.05, 0) is 30.7 Å². The van der Waals surface area contributed by atoms with Gasteiger partial charge >= 0.3 is 0 Å². The average Bonchev–Trinajstić information content (AvgIpc) is 2.95. The van der Waals surface area contributed by atoms with E-state index in [-0.39, 0.29) is 11.5 Å². The summed E-state index contributed by atoms with van der Waals surface area (Å²) < 4.78 is 9.52. The molecule has 2 aromatic rings. The van der Waals surface area contributed by atoms with Gasteiger partial charge in [0.1, 0.15) is 5.76 Å². The van der Waals surface area contributed by atoms with E-state index in [2.05, 4.69) is 35.7 Å². The molecule has 1 unspecified atom stereocenters.